The Bertz CT molecular complexity index is 993. The van der Waals surface area contributed by atoms with Crippen LogP contribution in [0, 0.1) is 17.5 Å². The van der Waals surface area contributed by atoms with Crippen LogP contribution in [-0.2, 0) is 4.79 Å². The number of halogens is 3. The molecule has 28 heavy (non-hydrogen) atoms. The third-order valence-electron chi connectivity index (χ3n) is 3.90. The highest BCUT2D eigenvalue weighted by molar-refractivity contribution is 8.00. The van der Waals surface area contributed by atoms with Crippen LogP contribution in [0.3, 0.4) is 0 Å². The van der Waals surface area contributed by atoms with Gasteiger partial charge in [-0.05, 0) is 43.3 Å². The maximum Gasteiger partial charge on any atom is 0.237 e. The van der Waals surface area contributed by atoms with Gasteiger partial charge in [-0.1, -0.05) is 11.8 Å². The maximum absolute atomic E-state index is 13.7. The number of aromatic nitrogens is 2. The van der Waals surface area contributed by atoms with E-state index >= 15 is 0 Å². The van der Waals surface area contributed by atoms with Crippen molar-refractivity contribution in [1.29, 1.82) is 0 Å². The lowest BCUT2D eigenvalue weighted by Gasteiger charge is -2.14. The van der Waals surface area contributed by atoms with E-state index < -0.39 is 34.3 Å². The number of thioether (sulfide) groups is 1. The molecule has 1 heterocycles. The second-order valence-electron chi connectivity index (χ2n) is 5.75. The number of rotatable bonds is 6. The Morgan fingerprint density at radius 1 is 1.14 bits per heavy atom. The van der Waals surface area contributed by atoms with Crippen LogP contribution in [-0.4, -0.2) is 27.8 Å². The topological polar surface area (TPSA) is 56.2 Å². The van der Waals surface area contributed by atoms with Gasteiger partial charge in [0.05, 0.1) is 18.0 Å². The quantitative estimate of drug-likeness (QED) is 0.486. The van der Waals surface area contributed by atoms with Crippen LogP contribution >= 0.6 is 11.8 Å². The van der Waals surface area contributed by atoms with Crippen LogP contribution in [0.4, 0.5) is 18.9 Å². The van der Waals surface area contributed by atoms with E-state index in [1.807, 2.05) is 12.1 Å². The lowest BCUT2D eigenvalue weighted by molar-refractivity contribution is -0.115. The number of hydrogen-bond acceptors (Lipinski definition) is 4. The first-order chi connectivity index (χ1) is 13.4. The summed E-state index contributed by atoms with van der Waals surface area (Å²) < 4.78 is 47.0. The molecule has 0 aliphatic heterocycles. The van der Waals surface area contributed by atoms with E-state index in [2.05, 4.69) is 10.3 Å². The number of methoxy groups -OCH3 is 1. The van der Waals surface area contributed by atoms with E-state index in [9.17, 15) is 18.0 Å². The molecule has 2 aromatic carbocycles. The van der Waals surface area contributed by atoms with Crippen molar-refractivity contribution in [2.24, 2.45) is 0 Å². The molecule has 1 N–H and O–H groups in total. The van der Waals surface area contributed by atoms with Gasteiger partial charge in [0.2, 0.25) is 5.91 Å². The average molecular weight is 407 g/mol. The molecule has 0 aliphatic carbocycles. The van der Waals surface area contributed by atoms with Crippen molar-refractivity contribution in [2.75, 3.05) is 12.4 Å². The Balaban J connectivity index is 1.73. The van der Waals surface area contributed by atoms with Gasteiger partial charge in [-0.3, -0.25) is 9.36 Å². The van der Waals surface area contributed by atoms with E-state index in [-0.39, 0.29) is 0 Å². The van der Waals surface area contributed by atoms with Gasteiger partial charge in [0.1, 0.15) is 5.75 Å². The molecule has 3 rings (SSSR count). The molecule has 0 saturated heterocycles. The minimum atomic E-state index is -1.63. The van der Waals surface area contributed by atoms with E-state index in [1.54, 1.807) is 43.1 Å². The lowest BCUT2D eigenvalue weighted by Crippen LogP contribution is -2.23. The SMILES string of the molecule is COc1ccc(-n2ccnc2SC(C)C(=O)Nc2ccc(F)c(F)c2F)cc1. The Hall–Kier alpha value is -2.94. The molecule has 0 aliphatic rings. The number of hydrogen-bond donors (Lipinski definition) is 1. The smallest absolute Gasteiger partial charge is 0.237 e. The maximum atomic E-state index is 13.7. The lowest BCUT2D eigenvalue weighted by atomic mass is 10.2. The average Bonchev–Trinajstić information content (AvgIpc) is 3.16. The largest absolute Gasteiger partial charge is 0.497 e. The summed E-state index contributed by atoms with van der Waals surface area (Å²) in [4.78, 5) is 16.6. The highest BCUT2D eigenvalue weighted by atomic mass is 32.2. The van der Waals surface area contributed by atoms with Crippen molar-refractivity contribution in [1.82, 2.24) is 9.55 Å². The zero-order chi connectivity index (χ0) is 20.3. The van der Waals surface area contributed by atoms with Gasteiger partial charge >= 0.3 is 0 Å². The summed E-state index contributed by atoms with van der Waals surface area (Å²) in [6.45, 7) is 1.60. The number of carbonyl (C=O) groups is 1. The van der Waals surface area contributed by atoms with Crippen molar-refractivity contribution < 1.29 is 22.7 Å². The molecule has 1 aromatic heterocycles. The van der Waals surface area contributed by atoms with Gasteiger partial charge in [-0.25, -0.2) is 18.2 Å². The molecular formula is C19H16F3N3O2S. The van der Waals surface area contributed by atoms with Gasteiger partial charge in [0, 0.05) is 18.1 Å². The summed E-state index contributed by atoms with van der Waals surface area (Å²) in [7, 11) is 1.57. The third-order valence-corrected chi connectivity index (χ3v) is 4.98. The van der Waals surface area contributed by atoms with Crippen LogP contribution in [0.25, 0.3) is 5.69 Å². The summed E-state index contributed by atoms with van der Waals surface area (Å²) in [6, 6.07) is 9.00. The first-order valence-electron chi connectivity index (χ1n) is 8.19. The van der Waals surface area contributed by atoms with E-state index in [0.717, 1.165) is 29.6 Å². The van der Waals surface area contributed by atoms with Crippen LogP contribution in [0.5, 0.6) is 5.75 Å². The molecule has 1 amide bonds. The second-order valence-corrected chi connectivity index (χ2v) is 7.06. The van der Waals surface area contributed by atoms with Crippen molar-refractivity contribution in [3.8, 4) is 11.4 Å². The predicted molar refractivity (Wildman–Crippen MR) is 100 cm³/mol. The number of ether oxygens (including phenoxy) is 1. The molecule has 5 nitrogen and oxygen atoms in total. The van der Waals surface area contributed by atoms with Crippen molar-refractivity contribution in [3.05, 3.63) is 66.2 Å². The van der Waals surface area contributed by atoms with E-state index in [1.165, 1.54) is 0 Å². The van der Waals surface area contributed by atoms with Crippen molar-refractivity contribution in [2.45, 2.75) is 17.3 Å². The highest BCUT2D eigenvalue weighted by Crippen LogP contribution is 2.27. The molecule has 1 unspecified atom stereocenters. The number of nitrogens with zero attached hydrogens (tertiary/aromatic N) is 2. The number of carbonyl (C=O) groups excluding carboxylic acids is 1. The Kier molecular flexibility index (Phi) is 5.93. The number of nitrogens with one attached hydrogen (secondary N) is 1. The zero-order valence-corrected chi connectivity index (χ0v) is 15.8. The monoisotopic (exact) mass is 407 g/mol. The molecule has 0 radical (unpaired) electrons. The number of benzene rings is 2. The summed E-state index contributed by atoms with van der Waals surface area (Å²) in [6.07, 6.45) is 3.33. The van der Waals surface area contributed by atoms with E-state index in [4.69, 9.17) is 4.74 Å². The van der Waals surface area contributed by atoms with Gasteiger partial charge in [0.25, 0.3) is 0 Å². The molecule has 3 aromatic rings. The normalized spacial score (nSPS) is 11.9. The molecule has 0 fully saturated rings. The molecular weight excluding hydrogens is 391 g/mol. The van der Waals surface area contributed by atoms with Gasteiger partial charge < -0.3 is 10.1 Å². The predicted octanol–water partition coefficient (Wildman–Crippen LogP) is 4.42. The van der Waals surface area contributed by atoms with Crippen LogP contribution < -0.4 is 10.1 Å². The zero-order valence-electron chi connectivity index (χ0n) is 14.9. The Morgan fingerprint density at radius 3 is 2.54 bits per heavy atom. The Labute approximate surface area is 163 Å². The van der Waals surface area contributed by atoms with Gasteiger partial charge in [0.15, 0.2) is 22.6 Å². The number of anilines is 1. The molecule has 146 valence electrons. The van der Waals surface area contributed by atoms with Gasteiger partial charge in [-0.2, -0.15) is 0 Å². The number of amides is 1. The molecule has 1 atom stereocenters. The summed E-state index contributed by atoms with van der Waals surface area (Å²) in [5, 5.41) is 2.14. The molecule has 0 spiro atoms. The first-order valence-corrected chi connectivity index (χ1v) is 9.07. The standard InChI is InChI=1S/C19H16F3N3O2S/c1-11(18(26)24-15-8-7-14(20)16(21)17(15)22)28-19-23-9-10-25(19)12-3-5-13(27-2)6-4-12/h3-11H,1-2H3,(H,24,26). The van der Waals surface area contributed by atoms with Crippen LogP contribution in [0.15, 0.2) is 53.9 Å². The molecule has 0 bridgehead atoms. The van der Waals surface area contributed by atoms with Crippen LogP contribution in [0.1, 0.15) is 6.92 Å². The molecule has 0 saturated carbocycles. The third kappa shape index (κ3) is 4.14. The van der Waals surface area contributed by atoms with Crippen molar-refractivity contribution >= 4 is 23.4 Å². The Morgan fingerprint density at radius 2 is 1.86 bits per heavy atom. The fourth-order valence-electron chi connectivity index (χ4n) is 2.38. The van der Waals surface area contributed by atoms with Crippen molar-refractivity contribution in [3.63, 3.8) is 0 Å². The fraction of sp³-hybridized carbons (Fsp3) is 0.158. The van der Waals surface area contributed by atoms with E-state index in [0.29, 0.717) is 10.9 Å². The summed E-state index contributed by atoms with van der Waals surface area (Å²) in [5.41, 5.74) is 0.398. The second kappa shape index (κ2) is 8.39. The van der Waals surface area contributed by atoms with Crippen LogP contribution in [0.2, 0.25) is 0 Å². The minimum absolute atomic E-state index is 0.421. The summed E-state index contributed by atoms with van der Waals surface area (Å²) >= 11 is 1.14. The fourth-order valence-corrected chi connectivity index (χ4v) is 3.27. The number of imidazole rings is 1. The molecule has 9 heteroatoms. The first kappa shape index (κ1) is 19.8. The summed E-state index contributed by atoms with van der Waals surface area (Å²) in [5.74, 6) is -4.25. The highest BCUT2D eigenvalue weighted by Gasteiger charge is 2.21. The van der Waals surface area contributed by atoms with Gasteiger partial charge in [-0.15, -0.1) is 0 Å². The minimum Gasteiger partial charge on any atom is -0.497 e.